The van der Waals surface area contributed by atoms with Crippen LogP contribution in [0.3, 0.4) is 0 Å². The monoisotopic (exact) mass is 616 g/mol. The Morgan fingerprint density at radius 3 is 1.74 bits per heavy atom. The molecule has 0 radical (unpaired) electrons. The maximum Gasteiger partial charge on any atom is 0.160 e. The Bertz CT molecular complexity index is 2510. The molecule has 0 aliphatic carbocycles. The first-order valence-corrected chi connectivity index (χ1v) is 16.6. The van der Waals surface area contributed by atoms with Crippen molar-refractivity contribution in [2.75, 3.05) is 0 Å². The van der Waals surface area contributed by atoms with Crippen LogP contribution in [0, 0.1) is 0 Å². The highest BCUT2D eigenvalue weighted by atomic mass is 32.1. The third-order valence-corrected chi connectivity index (χ3v) is 10.1. The first-order chi connectivity index (χ1) is 23.3. The maximum atomic E-state index is 5.07. The second-order valence-corrected chi connectivity index (χ2v) is 12.9. The van der Waals surface area contributed by atoms with Crippen molar-refractivity contribution in [2.45, 2.75) is 0 Å². The van der Waals surface area contributed by atoms with E-state index in [0.29, 0.717) is 0 Å². The first kappa shape index (κ1) is 27.4. The summed E-state index contributed by atoms with van der Waals surface area (Å²) < 4.78 is 2.65. The molecule has 0 amide bonds. The van der Waals surface area contributed by atoms with E-state index >= 15 is 0 Å². The van der Waals surface area contributed by atoms with Gasteiger partial charge >= 0.3 is 0 Å². The second-order valence-electron chi connectivity index (χ2n) is 11.8. The van der Waals surface area contributed by atoms with Gasteiger partial charge in [-0.1, -0.05) is 146 Å². The number of aromatic nitrogens is 2. The molecule has 0 spiro atoms. The lowest BCUT2D eigenvalue weighted by Gasteiger charge is -2.11. The van der Waals surface area contributed by atoms with Crippen molar-refractivity contribution >= 4 is 42.3 Å². The van der Waals surface area contributed by atoms with Crippen LogP contribution in [0.5, 0.6) is 0 Å². The molecule has 7 aromatic carbocycles. The number of benzene rings is 7. The predicted octanol–water partition coefficient (Wildman–Crippen LogP) is 12.3. The van der Waals surface area contributed by atoms with Gasteiger partial charge in [0, 0.05) is 36.9 Å². The maximum absolute atomic E-state index is 5.07. The molecule has 0 unspecified atom stereocenters. The lowest BCUT2D eigenvalue weighted by Crippen LogP contribution is -1.96. The molecule has 9 aromatic rings. The Balaban J connectivity index is 1.15. The molecule has 9 rings (SSSR count). The lowest BCUT2D eigenvalue weighted by molar-refractivity contribution is 1.18. The molecule has 0 bridgehead atoms. The Morgan fingerprint density at radius 1 is 0.383 bits per heavy atom. The molecular formula is C44H28N2S. The van der Waals surface area contributed by atoms with Gasteiger partial charge in [0.05, 0.1) is 11.4 Å². The quantitative estimate of drug-likeness (QED) is 0.192. The van der Waals surface area contributed by atoms with Crippen LogP contribution in [0.2, 0.25) is 0 Å². The minimum Gasteiger partial charge on any atom is -0.228 e. The van der Waals surface area contributed by atoms with E-state index in [1.165, 1.54) is 47.6 Å². The van der Waals surface area contributed by atoms with Gasteiger partial charge in [0.1, 0.15) is 0 Å². The van der Waals surface area contributed by atoms with Gasteiger partial charge < -0.3 is 0 Å². The summed E-state index contributed by atoms with van der Waals surface area (Å²) in [6, 6.07) is 60.2. The van der Waals surface area contributed by atoms with E-state index in [0.717, 1.165) is 39.5 Å². The smallest absolute Gasteiger partial charge is 0.160 e. The Kier molecular flexibility index (Phi) is 6.69. The standard InChI is InChI=1S/C44H28N2S/c1-3-13-30(14-4-1)39-28-40(46-44(45-39)31-15-5-2-6-16-31)35-20-10-18-33(27-35)32-17-9-19-34(26-32)37-22-11-23-38-42-36-21-8-7-12-29(36)24-25-41(42)47-43(37)38/h1-28H. The predicted molar refractivity (Wildman–Crippen MR) is 200 cm³/mol. The second kappa shape index (κ2) is 11.5. The average molecular weight is 617 g/mol. The van der Waals surface area contributed by atoms with E-state index in [1.807, 2.05) is 35.6 Å². The van der Waals surface area contributed by atoms with Gasteiger partial charge in [0.25, 0.3) is 0 Å². The highest BCUT2D eigenvalue weighted by Crippen LogP contribution is 2.43. The molecule has 47 heavy (non-hydrogen) atoms. The van der Waals surface area contributed by atoms with Gasteiger partial charge in [-0.2, -0.15) is 0 Å². The summed E-state index contributed by atoms with van der Waals surface area (Å²) in [5, 5.41) is 5.26. The van der Waals surface area contributed by atoms with E-state index in [1.54, 1.807) is 0 Å². The summed E-state index contributed by atoms with van der Waals surface area (Å²) in [6.45, 7) is 0. The molecule has 0 saturated carbocycles. The number of thiophene rings is 1. The van der Waals surface area contributed by atoms with Crippen LogP contribution < -0.4 is 0 Å². The minimum atomic E-state index is 0.721. The largest absolute Gasteiger partial charge is 0.228 e. The van der Waals surface area contributed by atoms with Gasteiger partial charge in [-0.05, 0) is 57.3 Å². The molecule has 0 saturated heterocycles. The van der Waals surface area contributed by atoms with Gasteiger partial charge in [0.15, 0.2) is 5.82 Å². The third-order valence-electron chi connectivity index (χ3n) is 8.88. The zero-order valence-corrected chi connectivity index (χ0v) is 26.3. The molecule has 2 nitrogen and oxygen atoms in total. The SMILES string of the molecule is c1ccc(-c2cc(-c3cccc(-c4cccc(-c5cccc6c5sc5ccc7ccccc7c56)c4)c3)nc(-c3ccccc3)n2)cc1. The Morgan fingerprint density at radius 2 is 0.957 bits per heavy atom. The number of fused-ring (bicyclic) bond motifs is 5. The van der Waals surface area contributed by atoms with Crippen molar-refractivity contribution in [1.29, 1.82) is 0 Å². The average Bonchev–Trinajstić information content (AvgIpc) is 3.55. The lowest BCUT2D eigenvalue weighted by atomic mass is 9.96. The number of nitrogens with zero attached hydrogens (tertiary/aromatic N) is 2. The van der Waals surface area contributed by atoms with Crippen molar-refractivity contribution in [1.82, 2.24) is 9.97 Å². The van der Waals surface area contributed by atoms with Crippen LogP contribution >= 0.6 is 11.3 Å². The van der Waals surface area contributed by atoms with E-state index in [9.17, 15) is 0 Å². The fourth-order valence-corrected chi connectivity index (χ4v) is 7.84. The van der Waals surface area contributed by atoms with Crippen molar-refractivity contribution < 1.29 is 0 Å². The van der Waals surface area contributed by atoms with Gasteiger partial charge in [-0.3, -0.25) is 0 Å². The molecule has 0 aliphatic heterocycles. The summed E-state index contributed by atoms with van der Waals surface area (Å²) in [7, 11) is 0. The van der Waals surface area contributed by atoms with Crippen molar-refractivity contribution in [3.8, 4) is 56.2 Å². The number of hydrogen-bond donors (Lipinski definition) is 0. The third kappa shape index (κ3) is 4.98. The molecule has 0 fully saturated rings. The topological polar surface area (TPSA) is 25.8 Å². The molecule has 2 heterocycles. The molecule has 220 valence electrons. The molecule has 0 aliphatic rings. The van der Waals surface area contributed by atoms with Crippen LogP contribution in [-0.4, -0.2) is 9.97 Å². The van der Waals surface area contributed by atoms with Crippen LogP contribution in [0.25, 0.3) is 87.1 Å². The van der Waals surface area contributed by atoms with E-state index < -0.39 is 0 Å². The highest BCUT2D eigenvalue weighted by molar-refractivity contribution is 7.26. The molecule has 0 N–H and O–H groups in total. The fourth-order valence-electron chi connectivity index (χ4n) is 6.59. The highest BCUT2D eigenvalue weighted by Gasteiger charge is 2.14. The van der Waals surface area contributed by atoms with Crippen LogP contribution in [-0.2, 0) is 0 Å². The van der Waals surface area contributed by atoms with E-state index in [2.05, 4.69) is 146 Å². The van der Waals surface area contributed by atoms with Crippen LogP contribution in [0.15, 0.2) is 170 Å². The van der Waals surface area contributed by atoms with Crippen molar-refractivity contribution in [3.63, 3.8) is 0 Å². The zero-order chi connectivity index (χ0) is 31.2. The normalized spacial score (nSPS) is 11.4. The summed E-state index contributed by atoms with van der Waals surface area (Å²) in [5.74, 6) is 0.721. The molecule has 0 atom stereocenters. The van der Waals surface area contributed by atoms with Crippen LogP contribution in [0.1, 0.15) is 0 Å². The summed E-state index contributed by atoms with van der Waals surface area (Å²) >= 11 is 1.88. The van der Waals surface area contributed by atoms with Crippen molar-refractivity contribution in [2.24, 2.45) is 0 Å². The van der Waals surface area contributed by atoms with Crippen molar-refractivity contribution in [3.05, 3.63) is 170 Å². The Hall–Kier alpha value is -5.90. The van der Waals surface area contributed by atoms with E-state index in [4.69, 9.17) is 9.97 Å². The molecule has 3 heteroatoms. The van der Waals surface area contributed by atoms with Gasteiger partial charge in [-0.25, -0.2) is 9.97 Å². The zero-order valence-electron chi connectivity index (χ0n) is 25.5. The first-order valence-electron chi connectivity index (χ1n) is 15.8. The molecular weight excluding hydrogens is 589 g/mol. The fraction of sp³-hybridized carbons (Fsp3) is 0. The van der Waals surface area contributed by atoms with E-state index in [-0.39, 0.29) is 0 Å². The number of hydrogen-bond acceptors (Lipinski definition) is 3. The summed E-state index contributed by atoms with van der Waals surface area (Å²) in [5.41, 5.74) is 9.75. The van der Waals surface area contributed by atoms with Gasteiger partial charge in [0.2, 0.25) is 0 Å². The minimum absolute atomic E-state index is 0.721. The number of rotatable bonds is 5. The summed E-state index contributed by atoms with van der Waals surface area (Å²) in [4.78, 5) is 10.0. The summed E-state index contributed by atoms with van der Waals surface area (Å²) in [6.07, 6.45) is 0. The Labute approximate surface area is 277 Å². The van der Waals surface area contributed by atoms with Gasteiger partial charge in [-0.15, -0.1) is 11.3 Å². The van der Waals surface area contributed by atoms with Crippen LogP contribution in [0.4, 0.5) is 0 Å². The molecule has 2 aromatic heterocycles.